The van der Waals surface area contributed by atoms with E-state index < -0.39 is 30.3 Å². The zero-order valence-electron chi connectivity index (χ0n) is 24.4. The minimum Gasteiger partial charge on any atom is -0.388 e. The van der Waals surface area contributed by atoms with Gasteiger partial charge in [-0.25, -0.2) is 0 Å². The van der Waals surface area contributed by atoms with Crippen LogP contribution in [0.5, 0.6) is 0 Å². The molecule has 0 aliphatic carbocycles. The first-order valence-corrected chi connectivity index (χ1v) is 14.4. The lowest BCUT2D eigenvalue weighted by Crippen LogP contribution is -2.58. The van der Waals surface area contributed by atoms with Crippen molar-refractivity contribution in [2.75, 3.05) is 6.61 Å². The number of carbonyl (C=O) groups is 2. The fourth-order valence-corrected chi connectivity index (χ4v) is 4.78. The molecule has 7 heteroatoms. The molecule has 0 saturated carbocycles. The Hall–Kier alpha value is -4.14. The predicted octanol–water partition coefficient (Wildman–Crippen LogP) is 5.05. The van der Waals surface area contributed by atoms with Crippen molar-refractivity contribution in [3.8, 4) is 0 Å². The van der Waals surface area contributed by atoms with Gasteiger partial charge in [-0.1, -0.05) is 121 Å². The molecule has 4 aromatic rings. The van der Waals surface area contributed by atoms with E-state index in [9.17, 15) is 14.7 Å². The highest BCUT2D eigenvalue weighted by molar-refractivity contribution is 5.90. The van der Waals surface area contributed by atoms with Crippen molar-refractivity contribution in [1.29, 1.82) is 0 Å². The van der Waals surface area contributed by atoms with E-state index in [1.165, 1.54) is 6.92 Å². The molecule has 0 aromatic heterocycles. The minimum atomic E-state index is -1.17. The van der Waals surface area contributed by atoms with Gasteiger partial charge in [0, 0.05) is 13.3 Å². The van der Waals surface area contributed by atoms with Crippen LogP contribution in [0.2, 0.25) is 0 Å². The Balaban J connectivity index is 1.63. The Bertz CT molecular complexity index is 1370. The van der Waals surface area contributed by atoms with Gasteiger partial charge in [0.15, 0.2) is 5.78 Å². The van der Waals surface area contributed by atoms with Gasteiger partial charge >= 0.3 is 0 Å². The van der Waals surface area contributed by atoms with E-state index in [0.29, 0.717) is 6.61 Å². The fourth-order valence-electron chi connectivity index (χ4n) is 4.78. The van der Waals surface area contributed by atoms with Crippen molar-refractivity contribution in [3.63, 3.8) is 0 Å². The maximum Gasteiger partial charge on any atom is 0.217 e. The molecule has 0 heterocycles. The Morgan fingerprint density at radius 2 is 1.05 bits per heavy atom. The summed E-state index contributed by atoms with van der Waals surface area (Å²) in [6.45, 7) is 1.88. The summed E-state index contributed by atoms with van der Waals surface area (Å²) in [6, 6.07) is 37.0. The minimum absolute atomic E-state index is 0.0702. The molecule has 224 valence electrons. The number of hydrogen-bond donors (Lipinski definition) is 2. The monoisotopic (exact) mass is 581 g/mol. The van der Waals surface area contributed by atoms with Crippen LogP contribution in [0.3, 0.4) is 0 Å². The molecule has 4 atom stereocenters. The van der Waals surface area contributed by atoms with E-state index in [1.54, 1.807) is 0 Å². The van der Waals surface area contributed by atoms with Gasteiger partial charge in [0.1, 0.15) is 24.4 Å². The standard InChI is InChI=1S/C36H39NO6/c1-27(38)37-34(32(39)22-28-14-6-2-7-15-28)36(43-25-31-20-12-5-13-21-31)35(42-24-30-18-10-4-11-19-30)33(40)26-41-23-29-16-8-3-9-17-29/h2-21,33-36,40H,22-26H2,1H3,(H,37,38)/t33-,34+,35+,36-/m1/s1. The first-order valence-electron chi connectivity index (χ1n) is 14.4. The van der Waals surface area contributed by atoms with Crippen molar-refractivity contribution in [1.82, 2.24) is 5.32 Å². The number of Topliss-reactive ketones (excluding diaryl/α,β-unsaturated/α-hetero) is 1. The molecular weight excluding hydrogens is 542 g/mol. The molecule has 43 heavy (non-hydrogen) atoms. The van der Waals surface area contributed by atoms with Gasteiger partial charge in [0.05, 0.1) is 26.4 Å². The molecule has 0 bridgehead atoms. The Labute approximate surface area is 253 Å². The second kappa shape index (κ2) is 17.1. The molecule has 0 aliphatic heterocycles. The summed E-state index contributed by atoms with van der Waals surface area (Å²) in [7, 11) is 0. The number of amides is 1. The lowest BCUT2D eigenvalue weighted by Gasteiger charge is -2.35. The van der Waals surface area contributed by atoms with Crippen LogP contribution in [0.4, 0.5) is 0 Å². The third-order valence-electron chi connectivity index (χ3n) is 6.93. The maximum atomic E-state index is 13.8. The van der Waals surface area contributed by atoms with Gasteiger partial charge in [0.25, 0.3) is 0 Å². The highest BCUT2D eigenvalue weighted by atomic mass is 16.6. The average molecular weight is 582 g/mol. The summed E-state index contributed by atoms with van der Waals surface area (Å²) in [6.07, 6.45) is -3.15. The van der Waals surface area contributed by atoms with Crippen molar-refractivity contribution in [2.24, 2.45) is 0 Å². The average Bonchev–Trinajstić information content (AvgIpc) is 3.03. The number of nitrogens with one attached hydrogen (secondary N) is 1. The van der Waals surface area contributed by atoms with Crippen LogP contribution in [-0.4, -0.2) is 47.8 Å². The Kier molecular flexibility index (Phi) is 12.6. The van der Waals surface area contributed by atoms with Crippen LogP contribution < -0.4 is 5.32 Å². The van der Waals surface area contributed by atoms with Gasteiger partial charge in [-0.05, 0) is 22.3 Å². The molecule has 0 aliphatic rings. The van der Waals surface area contributed by atoms with Crippen LogP contribution in [0.1, 0.15) is 29.2 Å². The smallest absolute Gasteiger partial charge is 0.217 e. The number of carbonyl (C=O) groups excluding carboxylic acids is 2. The summed E-state index contributed by atoms with van der Waals surface area (Å²) in [5.41, 5.74) is 3.53. The number of aliphatic hydroxyl groups is 1. The first kappa shape index (κ1) is 31.8. The highest BCUT2D eigenvalue weighted by Gasteiger charge is 2.40. The van der Waals surface area contributed by atoms with Gasteiger partial charge in [-0.15, -0.1) is 0 Å². The van der Waals surface area contributed by atoms with Crippen LogP contribution in [0.15, 0.2) is 121 Å². The fraction of sp³-hybridized carbons (Fsp3) is 0.278. The third-order valence-corrected chi connectivity index (χ3v) is 6.93. The van der Waals surface area contributed by atoms with Gasteiger partial charge in [0.2, 0.25) is 5.91 Å². The van der Waals surface area contributed by atoms with Crippen LogP contribution in [0.25, 0.3) is 0 Å². The number of rotatable bonds is 17. The quantitative estimate of drug-likeness (QED) is 0.181. The largest absolute Gasteiger partial charge is 0.388 e. The van der Waals surface area contributed by atoms with E-state index in [0.717, 1.165) is 22.3 Å². The summed E-state index contributed by atoms with van der Waals surface area (Å²) in [5.74, 6) is -0.651. The highest BCUT2D eigenvalue weighted by Crippen LogP contribution is 2.21. The van der Waals surface area contributed by atoms with E-state index in [-0.39, 0.29) is 32.0 Å². The number of aliphatic hydroxyl groups excluding tert-OH is 1. The second-order valence-corrected chi connectivity index (χ2v) is 10.4. The van der Waals surface area contributed by atoms with Crippen molar-refractivity contribution >= 4 is 11.7 Å². The molecule has 4 aromatic carbocycles. The maximum absolute atomic E-state index is 13.8. The van der Waals surface area contributed by atoms with E-state index in [4.69, 9.17) is 14.2 Å². The normalized spacial score (nSPS) is 13.9. The van der Waals surface area contributed by atoms with Crippen molar-refractivity contribution in [3.05, 3.63) is 144 Å². The van der Waals surface area contributed by atoms with E-state index in [2.05, 4.69) is 5.32 Å². The number of hydrogen-bond acceptors (Lipinski definition) is 6. The van der Waals surface area contributed by atoms with Gasteiger partial charge in [-0.3, -0.25) is 9.59 Å². The van der Waals surface area contributed by atoms with Crippen LogP contribution in [-0.2, 0) is 50.0 Å². The molecule has 4 rings (SSSR count). The number of ether oxygens (including phenoxy) is 3. The molecule has 1 amide bonds. The summed E-state index contributed by atoms with van der Waals surface area (Å²) >= 11 is 0. The van der Waals surface area contributed by atoms with Crippen molar-refractivity contribution in [2.45, 2.75) is 57.5 Å². The SMILES string of the molecule is CC(=O)N[C@@H](C(=O)Cc1ccccc1)[C@@H](OCc1ccccc1)[C@@H](OCc1ccccc1)[C@H](O)COCc1ccccc1. The van der Waals surface area contributed by atoms with Crippen LogP contribution >= 0.6 is 0 Å². The van der Waals surface area contributed by atoms with Crippen molar-refractivity contribution < 1.29 is 28.9 Å². The second-order valence-electron chi connectivity index (χ2n) is 10.4. The molecule has 0 saturated heterocycles. The molecule has 0 radical (unpaired) electrons. The zero-order chi connectivity index (χ0) is 30.3. The van der Waals surface area contributed by atoms with Crippen LogP contribution in [0, 0.1) is 0 Å². The summed E-state index contributed by atoms with van der Waals surface area (Å²) < 4.78 is 18.6. The molecule has 0 unspecified atom stereocenters. The lowest BCUT2D eigenvalue weighted by molar-refractivity contribution is -0.163. The third kappa shape index (κ3) is 10.6. The molecule has 0 spiro atoms. The summed E-state index contributed by atoms with van der Waals surface area (Å²) in [4.78, 5) is 26.3. The predicted molar refractivity (Wildman–Crippen MR) is 165 cm³/mol. The molecular formula is C36H39NO6. The first-order chi connectivity index (χ1) is 21.0. The lowest BCUT2D eigenvalue weighted by atomic mass is 9.93. The topological polar surface area (TPSA) is 94.1 Å². The zero-order valence-corrected chi connectivity index (χ0v) is 24.4. The number of benzene rings is 4. The van der Waals surface area contributed by atoms with E-state index >= 15 is 0 Å². The summed E-state index contributed by atoms with van der Waals surface area (Å²) in [5, 5.41) is 14.3. The van der Waals surface area contributed by atoms with E-state index in [1.807, 2.05) is 121 Å². The Morgan fingerprint density at radius 1 is 0.628 bits per heavy atom. The van der Waals surface area contributed by atoms with Gasteiger partial charge in [-0.2, -0.15) is 0 Å². The number of ketones is 1. The molecule has 7 nitrogen and oxygen atoms in total. The molecule has 2 N–H and O–H groups in total. The van der Waals surface area contributed by atoms with Gasteiger partial charge < -0.3 is 24.6 Å². The molecule has 0 fully saturated rings. The Morgan fingerprint density at radius 3 is 1.51 bits per heavy atom.